The van der Waals surface area contributed by atoms with E-state index in [2.05, 4.69) is 30.4 Å². The van der Waals surface area contributed by atoms with Crippen LogP contribution in [-0.4, -0.2) is 12.1 Å². The average molecular weight is 187 g/mol. The van der Waals surface area contributed by atoms with Gasteiger partial charge in [0.15, 0.2) is 0 Å². The summed E-state index contributed by atoms with van der Waals surface area (Å²) in [5.74, 6) is 0. The first-order valence-corrected chi connectivity index (χ1v) is 5.61. The van der Waals surface area contributed by atoms with Crippen molar-refractivity contribution >= 4 is 0 Å². The van der Waals surface area contributed by atoms with E-state index in [4.69, 9.17) is 0 Å². The Labute approximate surface area is 85.5 Å². The first-order valence-electron chi connectivity index (χ1n) is 5.61. The highest BCUT2D eigenvalue weighted by Crippen LogP contribution is 2.40. The van der Waals surface area contributed by atoms with Gasteiger partial charge in [-0.2, -0.15) is 0 Å². The molecule has 1 aliphatic carbocycles. The van der Waals surface area contributed by atoms with Crippen LogP contribution in [0, 0.1) is 6.92 Å². The van der Waals surface area contributed by atoms with Crippen LogP contribution in [0.15, 0.2) is 18.2 Å². The minimum Gasteiger partial charge on any atom is -0.311 e. The highest BCUT2D eigenvalue weighted by molar-refractivity contribution is 5.35. The summed E-state index contributed by atoms with van der Waals surface area (Å²) < 4.78 is 0. The van der Waals surface area contributed by atoms with E-state index in [1.54, 1.807) is 11.1 Å². The smallest absolute Gasteiger partial charge is 0.0223 e. The second-order valence-electron chi connectivity index (χ2n) is 4.91. The van der Waals surface area contributed by atoms with Gasteiger partial charge in [0, 0.05) is 5.54 Å². The third-order valence-electron chi connectivity index (χ3n) is 3.64. The van der Waals surface area contributed by atoms with E-state index in [0.717, 1.165) is 6.54 Å². The van der Waals surface area contributed by atoms with Crippen molar-refractivity contribution in [1.29, 1.82) is 0 Å². The van der Waals surface area contributed by atoms with Gasteiger partial charge in [-0.25, -0.2) is 0 Å². The van der Waals surface area contributed by atoms with E-state index in [0.29, 0.717) is 5.54 Å². The fourth-order valence-electron chi connectivity index (χ4n) is 2.56. The van der Waals surface area contributed by atoms with Crippen molar-refractivity contribution in [3.05, 3.63) is 34.9 Å². The predicted molar refractivity (Wildman–Crippen MR) is 58.6 cm³/mol. The molecule has 3 rings (SSSR count). The van der Waals surface area contributed by atoms with E-state index < -0.39 is 0 Å². The first kappa shape index (κ1) is 8.49. The quantitative estimate of drug-likeness (QED) is 0.656. The number of hydrogen-bond acceptors (Lipinski definition) is 1. The van der Waals surface area contributed by atoms with Crippen LogP contribution < -0.4 is 5.32 Å². The Bertz CT molecular complexity index is 363. The molecular weight excluding hydrogens is 170 g/mol. The molecule has 0 atom stereocenters. The van der Waals surface area contributed by atoms with Crippen molar-refractivity contribution < 1.29 is 0 Å². The minimum absolute atomic E-state index is 0.499. The molecule has 2 aliphatic rings. The van der Waals surface area contributed by atoms with E-state index in [1.165, 1.54) is 31.2 Å². The Morgan fingerprint density at radius 1 is 1.21 bits per heavy atom. The predicted octanol–water partition coefficient (Wildman–Crippen LogP) is 2.22. The molecule has 0 saturated heterocycles. The third kappa shape index (κ3) is 1.36. The molecule has 1 fully saturated rings. The molecule has 14 heavy (non-hydrogen) atoms. The molecule has 1 aromatic rings. The lowest BCUT2D eigenvalue weighted by Gasteiger charge is -2.13. The molecule has 1 aromatic carbocycles. The molecule has 0 radical (unpaired) electrons. The molecule has 0 bridgehead atoms. The van der Waals surface area contributed by atoms with Crippen molar-refractivity contribution in [2.45, 2.75) is 38.1 Å². The molecule has 74 valence electrons. The number of hydrogen-bond donors (Lipinski definition) is 1. The number of nitrogens with one attached hydrogen (secondary N) is 1. The topological polar surface area (TPSA) is 12.0 Å². The Hall–Kier alpha value is -0.820. The molecule has 1 nitrogen and oxygen atoms in total. The lowest BCUT2D eigenvalue weighted by Crippen LogP contribution is -2.32. The molecule has 1 N–H and O–H groups in total. The Morgan fingerprint density at radius 3 is 2.86 bits per heavy atom. The monoisotopic (exact) mass is 187 g/mol. The molecular formula is C13H17N. The second-order valence-corrected chi connectivity index (χ2v) is 4.91. The lowest BCUT2D eigenvalue weighted by molar-refractivity contribution is 0.514. The van der Waals surface area contributed by atoms with Gasteiger partial charge in [-0.05, 0) is 50.3 Å². The number of fused-ring (bicyclic) bond motifs is 1. The third-order valence-corrected chi connectivity index (χ3v) is 3.64. The van der Waals surface area contributed by atoms with Gasteiger partial charge in [0.1, 0.15) is 0 Å². The standard InChI is InChI=1S/C13H17N/c1-10-2-3-11-4-7-14-13(5-6-13)9-12(11)8-10/h2-3,8,14H,4-7,9H2,1H3. The Kier molecular flexibility index (Phi) is 1.72. The van der Waals surface area contributed by atoms with Crippen molar-refractivity contribution in [3.63, 3.8) is 0 Å². The minimum atomic E-state index is 0.499. The fourth-order valence-corrected chi connectivity index (χ4v) is 2.56. The Morgan fingerprint density at radius 2 is 2.07 bits per heavy atom. The van der Waals surface area contributed by atoms with Crippen molar-refractivity contribution in [1.82, 2.24) is 5.32 Å². The van der Waals surface area contributed by atoms with E-state index in [-0.39, 0.29) is 0 Å². The van der Waals surface area contributed by atoms with Crippen molar-refractivity contribution in [2.24, 2.45) is 0 Å². The molecule has 1 heteroatoms. The van der Waals surface area contributed by atoms with Gasteiger partial charge in [0.25, 0.3) is 0 Å². The van der Waals surface area contributed by atoms with Gasteiger partial charge < -0.3 is 5.32 Å². The van der Waals surface area contributed by atoms with E-state index in [9.17, 15) is 0 Å². The summed E-state index contributed by atoms with van der Waals surface area (Å²) in [5.41, 5.74) is 5.06. The maximum Gasteiger partial charge on any atom is 0.0223 e. The van der Waals surface area contributed by atoms with Crippen LogP contribution in [0.2, 0.25) is 0 Å². The van der Waals surface area contributed by atoms with Crippen molar-refractivity contribution in [3.8, 4) is 0 Å². The van der Waals surface area contributed by atoms with Crippen LogP contribution in [0.1, 0.15) is 29.5 Å². The number of rotatable bonds is 0. The normalized spacial score (nSPS) is 22.9. The van der Waals surface area contributed by atoms with Crippen molar-refractivity contribution in [2.75, 3.05) is 6.54 Å². The van der Waals surface area contributed by atoms with Gasteiger partial charge in [0.05, 0.1) is 0 Å². The number of aryl methyl sites for hydroxylation is 1. The molecule has 1 heterocycles. The maximum absolute atomic E-state index is 3.70. The number of benzene rings is 1. The van der Waals surface area contributed by atoms with Crippen LogP contribution in [0.4, 0.5) is 0 Å². The van der Waals surface area contributed by atoms with Crippen LogP contribution in [-0.2, 0) is 12.8 Å². The van der Waals surface area contributed by atoms with Gasteiger partial charge in [0.2, 0.25) is 0 Å². The first-order chi connectivity index (χ1) is 6.77. The highest BCUT2D eigenvalue weighted by atomic mass is 15.0. The molecule has 0 unspecified atom stereocenters. The van der Waals surface area contributed by atoms with Crippen LogP contribution in [0.25, 0.3) is 0 Å². The van der Waals surface area contributed by atoms with Gasteiger partial charge in [-0.1, -0.05) is 23.8 Å². The summed E-state index contributed by atoms with van der Waals surface area (Å²) in [5, 5.41) is 3.70. The maximum atomic E-state index is 3.70. The molecule has 0 amide bonds. The van der Waals surface area contributed by atoms with E-state index in [1.807, 2.05) is 0 Å². The summed E-state index contributed by atoms with van der Waals surface area (Å²) in [7, 11) is 0. The van der Waals surface area contributed by atoms with Crippen LogP contribution in [0.5, 0.6) is 0 Å². The zero-order chi connectivity index (χ0) is 9.60. The van der Waals surface area contributed by atoms with Crippen LogP contribution in [0.3, 0.4) is 0 Å². The largest absolute Gasteiger partial charge is 0.311 e. The summed E-state index contributed by atoms with van der Waals surface area (Å²) in [6.07, 6.45) is 5.21. The SMILES string of the molecule is Cc1ccc2c(c1)CC1(CC1)NCC2. The highest BCUT2D eigenvalue weighted by Gasteiger charge is 2.43. The van der Waals surface area contributed by atoms with Gasteiger partial charge >= 0.3 is 0 Å². The lowest BCUT2D eigenvalue weighted by atomic mass is 9.97. The molecule has 1 saturated carbocycles. The molecule has 0 aromatic heterocycles. The van der Waals surface area contributed by atoms with E-state index >= 15 is 0 Å². The summed E-state index contributed by atoms with van der Waals surface area (Å²) in [4.78, 5) is 0. The fraction of sp³-hybridized carbons (Fsp3) is 0.538. The molecule has 1 spiro atoms. The second kappa shape index (κ2) is 2.83. The van der Waals surface area contributed by atoms with Gasteiger partial charge in [-0.3, -0.25) is 0 Å². The Balaban J connectivity index is 2.00. The van der Waals surface area contributed by atoms with Crippen LogP contribution >= 0.6 is 0 Å². The summed E-state index contributed by atoms with van der Waals surface area (Å²) in [6, 6.07) is 6.93. The summed E-state index contributed by atoms with van der Waals surface area (Å²) in [6.45, 7) is 3.36. The van der Waals surface area contributed by atoms with Gasteiger partial charge in [-0.15, -0.1) is 0 Å². The average Bonchev–Trinajstić information content (AvgIpc) is 2.92. The zero-order valence-electron chi connectivity index (χ0n) is 8.77. The molecule has 1 aliphatic heterocycles. The summed E-state index contributed by atoms with van der Waals surface area (Å²) >= 11 is 0. The zero-order valence-corrected chi connectivity index (χ0v) is 8.77.